The summed E-state index contributed by atoms with van der Waals surface area (Å²) in [5, 5.41) is 3.72. The second-order valence-electron chi connectivity index (χ2n) is 6.76. The number of carbonyl (C=O) groups excluding carboxylic acids is 1. The van der Waals surface area contributed by atoms with Gasteiger partial charge in [-0.25, -0.2) is 0 Å². The highest BCUT2D eigenvalue weighted by Crippen LogP contribution is 2.24. The Hall–Kier alpha value is -1.34. The van der Waals surface area contributed by atoms with Crippen LogP contribution in [0.2, 0.25) is 5.02 Å². The first kappa shape index (κ1) is 25.7. The van der Waals surface area contributed by atoms with Crippen molar-refractivity contribution >= 4 is 42.3 Å². The van der Waals surface area contributed by atoms with Crippen LogP contribution in [0, 0.1) is 0 Å². The monoisotopic (exact) mass is 459 g/mol. The van der Waals surface area contributed by atoms with Crippen LogP contribution >= 0.6 is 36.4 Å². The van der Waals surface area contributed by atoms with E-state index in [0.29, 0.717) is 31.2 Å². The summed E-state index contributed by atoms with van der Waals surface area (Å²) in [6.07, 6.45) is 0.520. The average molecular weight is 461 g/mol. The van der Waals surface area contributed by atoms with Crippen molar-refractivity contribution in [1.82, 2.24) is 10.2 Å². The number of ether oxygens (including phenoxy) is 1. The Bertz CT molecular complexity index is 743. The largest absolute Gasteiger partial charge is 0.379 e. The fraction of sp³-hybridized carbons (Fsp3) is 0.381. The Morgan fingerprint density at radius 3 is 2.45 bits per heavy atom. The molecule has 2 unspecified atom stereocenters. The van der Waals surface area contributed by atoms with Crippen LogP contribution in [0.25, 0.3) is 0 Å². The van der Waals surface area contributed by atoms with Crippen LogP contribution in [0.5, 0.6) is 0 Å². The lowest BCUT2D eigenvalue weighted by atomic mass is 10.0. The molecule has 0 saturated carbocycles. The molecule has 1 amide bonds. The molecule has 1 saturated heterocycles. The van der Waals surface area contributed by atoms with E-state index < -0.39 is 6.04 Å². The van der Waals surface area contributed by atoms with Gasteiger partial charge < -0.3 is 15.8 Å². The Balaban J connectivity index is 0.00000210. The Labute approximate surface area is 189 Å². The van der Waals surface area contributed by atoms with Gasteiger partial charge in [-0.1, -0.05) is 54.1 Å². The first-order chi connectivity index (χ1) is 13.1. The molecule has 1 heterocycles. The Kier molecular flexibility index (Phi) is 11.6. The number of nitrogens with one attached hydrogen (secondary N) is 1. The number of hydrogen-bond acceptors (Lipinski definition) is 4. The van der Waals surface area contributed by atoms with Crippen molar-refractivity contribution in [3.63, 3.8) is 0 Å². The van der Waals surface area contributed by atoms with E-state index in [2.05, 4.69) is 10.2 Å². The number of morpholine rings is 1. The molecule has 0 aromatic heterocycles. The molecule has 8 heteroatoms. The topological polar surface area (TPSA) is 67.6 Å². The molecule has 2 aromatic carbocycles. The third kappa shape index (κ3) is 7.78. The molecule has 2 aromatic rings. The number of amides is 1. The molecule has 5 nitrogen and oxygen atoms in total. The minimum Gasteiger partial charge on any atom is -0.379 e. The molecular formula is C21H28Cl3N3O2. The fourth-order valence-corrected chi connectivity index (χ4v) is 3.55. The van der Waals surface area contributed by atoms with Crippen LogP contribution in [0.3, 0.4) is 0 Å². The zero-order chi connectivity index (χ0) is 19.1. The van der Waals surface area contributed by atoms with Gasteiger partial charge in [0, 0.05) is 24.7 Å². The lowest BCUT2D eigenvalue weighted by Crippen LogP contribution is -2.47. The maximum Gasteiger partial charge on any atom is 0.237 e. The van der Waals surface area contributed by atoms with Gasteiger partial charge in [0.05, 0.1) is 25.3 Å². The Morgan fingerprint density at radius 2 is 1.79 bits per heavy atom. The normalized spacial score (nSPS) is 16.1. The van der Waals surface area contributed by atoms with Gasteiger partial charge in [-0.2, -0.15) is 0 Å². The number of halogens is 3. The summed E-state index contributed by atoms with van der Waals surface area (Å²) in [7, 11) is 0. The standard InChI is InChI=1S/C21H26ClN3O2.2ClH/c22-18-8-4-7-17(14-18)20(25-9-11-27-12-10-25)15-24-21(26)19(23)13-16-5-2-1-3-6-16;;/h1-8,14,19-20H,9-13,15,23H2,(H,24,26);2*1H. The number of nitrogens with zero attached hydrogens (tertiary/aromatic N) is 1. The van der Waals surface area contributed by atoms with Crippen molar-refractivity contribution in [3.8, 4) is 0 Å². The van der Waals surface area contributed by atoms with Crippen molar-refractivity contribution in [2.75, 3.05) is 32.8 Å². The minimum absolute atomic E-state index is 0. The number of hydrogen-bond donors (Lipinski definition) is 2. The minimum atomic E-state index is -0.572. The van der Waals surface area contributed by atoms with Crippen molar-refractivity contribution < 1.29 is 9.53 Å². The van der Waals surface area contributed by atoms with Crippen LogP contribution in [-0.2, 0) is 16.0 Å². The maximum atomic E-state index is 12.5. The van der Waals surface area contributed by atoms with E-state index in [1.807, 2.05) is 54.6 Å². The summed E-state index contributed by atoms with van der Waals surface area (Å²) >= 11 is 6.18. The first-order valence-electron chi connectivity index (χ1n) is 9.28. The predicted octanol–water partition coefficient (Wildman–Crippen LogP) is 3.24. The van der Waals surface area contributed by atoms with E-state index >= 15 is 0 Å². The summed E-state index contributed by atoms with van der Waals surface area (Å²) in [4.78, 5) is 14.8. The van der Waals surface area contributed by atoms with E-state index in [-0.39, 0.29) is 36.8 Å². The molecule has 1 fully saturated rings. The summed E-state index contributed by atoms with van der Waals surface area (Å²) in [5.74, 6) is -0.140. The number of nitrogens with two attached hydrogens (primary N) is 1. The van der Waals surface area contributed by atoms with Gasteiger partial charge >= 0.3 is 0 Å². The van der Waals surface area contributed by atoms with Gasteiger partial charge in [0.15, 0.2) is 0 Å². The highest BCUT2D eigenvalue weighted by molar-refractivity contribution is 6.30. The molecule has 2 atom stereocenters. The smallest absolute Gasteiger partial charge is 0.237 e. The van der Waals surface area contributed by atoms with Crippen LogP contribution in [-0.4, -0.2) is 49.7 Å². The summed E-state index contributed by atoms with van der Waals surface area (Å²) in [6, 6.07) is 17.1. The molecule has 3 N–H and O–H groups in total. The third-order valence-electron chi connectivity index (χ3n) is 4.82. The molecule has 0 radical (unpaired) electrons. The van der Waals surface area contributed by atoms with E-state index in [0.717, 1.165) is 24.2 Å². The van der Waals surface area contributed by atoms with Crippen LogP contribution in [0.15, 0.2) is 54.6 Å². The average Bonchev–Trinajstić information content (AvgIpc) is 2.69. The van der Waals surface area contributed by atoms with Crippen molar-refractivity contribution in [2.45, 2.75) is 18.5 Å². The van der Waals surface area contributed by atoms with Crippen molar-refractivity contribution in [3.05, 3.63) is 70.7 Å². The van der Waals surface area contributed by atoms with Crippen LogP contribution in [0.4, 0.5) is 0 Å². The number of benzene rings is 2. The van der Waals surface area contributed by atoms with Crippen molar-refractivity contribution in [1.29, 1.82) is 0 Å². The van der Waals surface area contributed by atoms with Gasteiger partial charge in [0.1, 0.15) is 0 Å². The molecule has 29 heavy (non-hydrogen) atoms. The lowest BCUT2D eigenvalue weighted by molar-refractivity contribution is -0.122. The lowest BCUT2D eigenvalue weighted by Gasteiger charge is -2.35. The number of rotatable bonds is 7. The zero-order valence-corrected chi connectivity index (χ0v) is 18.5. The summed E-state index contributed by atoms with van der Waals surface area (Å²) in [6.45, 7) is 3.52. The second kappa shape index (κ2) is 13.1. The molecule has 0 aliphatic carbocycles. The molecule has 160 valence electrons. The van der Waals surface area contributed by atoms with E-state index in [1.165, 1.54) is 0 Å². The highest BCUT2D eigenvalue weighted by Gasteiger charge is 2.24. The molecule has 1 aliphatic rings. The quantitative estimate of drug-likeness (QED) is 0.665. The SMILES string of the molecule is Cl.Cl.NC(Cc1ccccc1)C(=O)NCC(c1cccc(Cl)c1)N1CCOCC1. The summed E-state index contributed by atoms with van der Waals surface area (Å²) in [5.41, 5.74) is 8.25. The van der Waals surface area contributed by atoms with Crippen LogP contribution < -0.4 is 11.1 Å². The van der Waals surface area contributed by atoms with E-state index in [1.54, 1.807) is 0 Å². The van der Waals surface area contributed by atoms with Gasteiger partial charge in [0.2, 0.25) is 5.91 Å². The van der Waals surface area contributed by atoms with Gasteiger partial charge in [-0.15, -0.1) is 24.8 Å². The van der Waals surface area contributed by atoms with Crippen LogP contribution in [0.1, 0.15) is 17.2 Å². The highest BCUT2D eigenvalue weighted by atomic mass is 35.5. The van der Waals surface area contributed by atoms with Gasteiger partial charge in [-0.05, 0) is 29.7 Å². The molecule has 0 bridgehead atoms. The third-order valence-corrected chi connectivity index (χ3v) is 5.06. The molecule has 0 spiro atoms. The van der Waals surface area contributed by atoms with E-state index in [4.69, 9.17) is 22.1 Å². The first-order valence-corrected chi connectivity index (χ1v) is 9.66. The van der Waals surface area contributed by atoms with E-state index in [9.17, 15) is 4.79 Å². The molecule has 3 rings (SSSR count). The van der Waals surface area contributed by atoms with Gasteiger partial charge in [0.25, 0.3) is 0 Å². The number of carbonyl (C=O) groups is 1. The zero-order valence-electron chi connectivity index (χ0n) is 16.1. The molecule has 1 aliphatic heterocycles. The fourth-order valence-electron chi connectivity index (χ4n) is 3.35. The Morgan fingerprint density at radius 1 is 1.10 bits per heavy atom. The predicted molar refractivity (Wildman–Crippen MR) is 122 cm³/mol. The molecular weight excluding hydrogens is 433 g/mol. The van der Waals surface area contributed by atoms with Gasteiger partial charge in [-0.3, -0.25) is 9.69 Å². The summed E-state index contributed by atoms with van der Waals surface area (Å²) < 4.78 is 5.46. The maximum absolute atomic E-state index is 12.5. The van der Waals surface area contributed by atoms with Crippen molar-refractivity contribution in [2.24, 2.45) is 5.73 Å². The second-order valence-corrected chi connectivity index (χ2v) is 7.20.